The summed E-state index contributed by atoms with van der Waals surface area (Å²) < 4.78 is 13.1. The van der Waals surface area contributed by atoms with Crippen LogP contribution in [-0.2, 0) is 0 Å². The predicted octanol–water partition coefficient (Wildman–Crippen LogP) is 4.94. The molecule has 0 unspecified atom stereocenters. The molecule has 0 spiro atoms. The van der Waals surface area contributed by atoms with E-state index in [0.717, 1.165) is 10.4 Å². The maximum absolute atomic E-state index is 13.1. The van der Waals surface area contributed by atoms with E-state index in [1.165, 1.54) is 23.5 Å². The summed E-state index contributed by atoms with van der Waals surface area (Å²) in [5.41, 5.74) is 1.71. The lowest BCUT2D eigenvalue weighted by Gasteiger charge is -2.12. The zero-order valence-electron chi connectivity index (χ0n) is 15.0. The third kappa shape index (κ3) is 4.60. The van der Waals surface area contributed by atoms with E-state index in [1.807, 2.05) is 19.9 Å². The van der Waals surface area contributed by atoms with Gasteiger partial charge in [0.15, 0.2) is 0 Å². The second kappa shape index (κ2) is 8.14. The minimum atomic E-state index is -0.301. The fourth-order valence-electron chi connectivity index (χ4n) is 2.54. The zero-order chi connectivity index (χ0) is 19.4. The Morgan fingerprint density at radius 2 is 1.63 bits per heavy atom. The van der Waals surface area contributed by atoms with Gasteiger partial charge in [-0.15, -0.1) is 11.3 Å². The first kappa shape index (κ1) is 18.8. The lowest BCUT2D eigenvalue weighted by molar-refractivity contribution is 0.0944. The van der Waals surface area contributed by atoms with Gasteiger partial charge in [-0.25, -0.2) is 4.39 Å². The molecule has 0 bridgehead atoms. The number of rotatable bonds is 5. The number of para-hydroxylation sites is 1. The molecule has 3 rings (SSSR count). The number of hydrogen-bond donors (Lipinski definition) is 2. The maximum Gasteiger partial charge on any atom is 0.265 e. The molecule has 4 nitrogen and oxygen atoms in total. The second-order valence-corrected chi connectivity index (χ2v) is 7.38. The minimum Gasteiger partial charge on any atom is -0.350 e. The number of carbonyl (C=O) groups is 2. The Labute approximate surface area is 161 Å². The molecule has 0 aliphatic rings. The van der Waals surface area contributed by atoms with Crippen molar-refractivity contribution in [2.45, 2.75) is 19.9 Å². The first-order valence-corrected chi connectivity index (χ1v) is 9.32. The summed E-state index contributed by atoms with van der Waals surface area (Å²) in [7, 11) is 0. The van der Waals surface area contributed by atoms with Crippen molar-refractivity contribution >= 4 is 28.8 Å². The number of nitrogens with one attached hydrogen (secondary N) is 2. The normalized spacial score (nSPS) is 10.7. The van der Waals surface area contributed by atoms with Crippen molar-refractivity contribution in [3.63, 3.8) is 0 Å². The Balaban J connectivity index is 1.79. The van der Waals surface area contributed by atoms with Crippen LogP contribution in [0.25, 0.3) is 10.4 Å². The Bertz CT molecular complexity index is 964. The Morgan fingerprint density at radius 3 is 2.33 bits per heavy atom. The smallest absolute Gasteiger partial charge is 0.265 e. The molecule has 6 heteroatoms. The summed E-state index contributed by atoms with van der Waals surface area (Å²) >= 11 is 1.31. The van der Waals surface area contributed by atoms with Crippen molar-refractivity contribution in [3.8, 4) is 10.4 Å². The molecule has 3 aromatic rings. The molecule has 0 aliphatic carbocycles. The van der Waals surface area contributed by atoms with Crippen molar-refractivity contribution in [3.05, 3.63) is 76.9 Å². The topological polar surface area (TPSA) is 58.2 Å². The van der Waals surface area contributed by atoms with E-state index in [0.29, 0.717) is 16.1 Å². The number of thiophene rings is 1. The zero-order valence-corrected chi connectivity index (χ0v) is 15.8. The van der Waals surface area contributed by atoms with Crippen LogP contribution in [0.3, 0.4) is 0 Å². The van der Waals surface area contributed by atoms with Gasteiger partial charge in [0, 0.05) is 10.9 Å². The average Bonchev–Trinajstić information content (AvgIpc) is 3.12. The van der Waals surface area contributed by atoms with Gasteiger partial charge in [-0.3, -0.25) is 9.59 Å². The summed E-state index contributed by atoms with van der Waals surface area (Å²) in [5.74, 6) is -0.832. The lowest BCUT2D eigenvalue weighted by atomic mass is 10.1. The van der Waals surface area contributed by atoms with Crippen molar-refractivity contribution in [2.24, 2.45) is 0 Å². The molecule has 2 aromatic carbocycles. The molecule has 0 aliphatic heterocycles. The van der Waals surface area contributed by atoms with Gasteiger partial charge in [-0.05, 0) is 55.8 Å². The summed E-state index contributed by atoms with van der Waals surface area (Å²) in [6.07, 6.45) is 0. The molecule has 138 valence electrons. The van der Waals surface area contributed by atoms with Gasteiger partial charge in [0.05, 0.1) is 16.1 Å². The largest absolute Gasteiger partial charge is 0.350 e. The van der Waals surface area contributed by atoms with Crippen LogP contribution in [0.15, 0.2) is 60.7 Å². The van der Waals surface area contributed by atoms with Crippen molar-refractivity contribution in [1.82, 2.24) is 5.32 Å². The van der Waals surface area contributed by atoms with E-state index in [-0.39, 0.29) is 23.7 Å². The number of anilines is 1. The van der Waals surface area contributed by atoms with Crippen LogP contribution < -0.4 is 10.6 Å². The fourth-order valence-corrected chi connectivity index (χ4v) is 3.45. The number of halogens is 1. The first-order valence-electron chi connectivity index (χ1n) is 8.51. The van der Waals surface area contributed by atoms with Crippen LogP contribution >= 0.6 is 11.3 Å². The number of carbonyl (C=O) groups excluding carboxylic acids is 2. The maximum atomic E-state index is 13.1. The molecule has 0 fully saturated rings. The van der Waals surface area contributed by atoms with Crippen LogP contribution in [0.2, 0.25) is 0 Å². The number of amides is 2. The first-order chi connectivity index (χ1) is 12.9. The summed E-state index contributed by atoms with van der Waals surface area (Å²) in [6.45, 7) is 3.75. The highest BCUT2D eigenvalue weighted by atomic mass is 32.1. The fraction of sp³-hybridized carbons (Fsp3) is 0.143. The monoisotopic (exact) mass is 382 g/mol. The Morgan fingerprint density at radius 1 is 0.926 bits per heavy atom. The third-order valence-electron chi connectivity index (χ3n) is 3.80. The highest BCUT2D eigenvalue weighted by Crippen LogP contribution is 2.29. The minimum absolute atomic E-state index is 0.00294. The Kier molecular flexibility index (Phi) is 5.66. The van der Waals surface area contributed by atoms with Crippen molar-refractivity contribution < 1.29 is 14.0 Å². The molecular formula is C21H19FN2O2S. The predicted molar refractivity (Wildman–Crippen MR) is 107 cm³/mol. The Hall–Kier alpha value is -2.99. The molecule has 2 amide bonds. The SMILES string of the molecule is CC(C)NC(=O)c1ccccc1NC(=O)c1ccc(-c2ccc(F)cc2)s1. The van der Waals surface area contributed by atoms with Crippen LogP contribution in [0, 0.1) is 5.82 Å². The van der Waals surface area contributed by atoms with Crippen molar-refractivity contribution in [1.29, 1.82) is 0 Å². The molecule has 1 heterocycles. The number of benzene rings is 2. The molecule has 1 aromatic heterocycles. The average molecular weight is 382 g/mol. The standard InChI is InChI=1S/C21H19FN2O2S/c1-13(2)23-20(25)16-5-3-4-6-17(16)24-21(26)19-12-11-18(27-19)14-7-9-15(22)10-8-14/h3-13H,1-2H3,(H,23,25)(H,24,26). The molecular weight excluding hydrogens is 363 g/mol. The van der Waals surface area contributed by atoms with Gasteiger partial charge in [0.2, 0.25) is 0 Å². The molecule has 2 N–H and O–H groups in total. The highest BCUT2D eigenvalue weighted by molar-refractivity contribution is 7.17. The van der Waals surface area contributed by atoms with E-state index in [4.69, 9.17) is 0 Å². The quantitative estimate of drug-likeness (QED) is 0.656. The van der Waals surface area contributed by atoms with Crippen LogP contribution in [0.1, 0.15) is 33.9 Å². The van der Waals surface area contributed by atoms with Gasteiger partial charge in [0.1, 0.15) is 5.82 Å². The summed E-state index contributed by atoms with van der Waals surface area (Å²) in [4.78, 5) is 26.3. The van der Waals surface area contributed by atoms with Gasteiger partial charge in [-0.2, -0.15) is 0 Å². The number of hydrogen-bond acceptors (Lipinski definition) is 3. The molecule has 0 atom stereocenters. The van der Waals surface area contributed by atoms with Crippen LogP contribution in [0.4, 0.5) is 10.1 Å². The van der Waals surface area contributed by atoms with Gasteiger partial charge < -0.3 is 10.6 Å². The second-order valence-electron chi connectivity index (χ2n) is 6.30. The van der Waals surface area contributed by atoms with Gasteiger partial charge in [0.25, 0.3) is 11.8 Å². The van der Waals surface area contributed by atoms with Crippen LogP contribution in [-0.4, -0.2) is 17.9 Å². The summed E-state index contributed by atoms with van der Waals surface area (Å²) in [6, 6.07) is 16.5. The van der Waals surface area contributed by atoms with E-state index < -0.39 is 0 Å². The highest BCUT2D eigenvalue weighted by Gasteiger charge is 2.16. The van der Waals surface area contributed by atoms with E-state index in [1.54, 1.807) is 42.5 Å². The third-order valence-corrected chi connectivity index (χ3v) is 4.93. The lowest BCUT2D eigenvalue weighted by Crippen LogP contribution is -2.31. The molecule has 0 saturated heterocycles. The molecule has 27 heavy (non-hydrogen) atoms. The summed E-state index contributed by atoms with van der Waals surface area (Å²) in [5, 5.41) is 5.63. The molecule has 0 radical (unpaired) electrons. The van der Waals surface area contributed by atoms with Crippen molar-refractivity contribution in [2.75, 3.05) is 5.32 Å². The van der Waals surface area contributed by atoms with E-state index >= 15 is 0 Å². The van der Waals surface area contributed by atoms with Gasteiger partial charge >= 0.3 is 0 Å². The van der Waals surface area contributed by atoms with Gasteiger partial charge in [-0.1, -0.05) is 24.3 Å². The van der Waals surface area contributed by atoms with E-state index in [9.17, 15) is 14.0 Å². The molecule has 0 saturated carbocycles. The van der Waals surface area contributed by atoms with Crippen LogP contribution in [0.5, 0.6) is 0 Å². The van der Waals surface area contributed by atoms with E-state index in [2.05, 4.69) is 10.6 Å².